The number of fused-ring (bicyclic) bond motifs is 1. The van der Waals surface area contributed by atoms with Crippen molar-refractivity contribution in [1.82, 2.24) is 9.88 Å². The summed E-state index contributed by atoms with van der Waals surface area (Å²) in [5, 5.41) is 3.36. The van der Waals surface area contributed by atoms with Gasteiger partial charge < -0.3 is 9.88 Å². The number of rotatable bonds is 3. The molecule has 0 amide bonds. The van der Waals surface area contributed by atoms with E-state index in [1.165, 1.54) is 16.8 Å². The van der Waals surface area contributed by atoms with Gasteiger partial charge in [0.2, 0.25) is 0 Å². The summed E-state index contributed by atoms with van der Waals surface area (Å²) in [5.41, 5.74) is 3.76. The highest BCUT2D eigenvalue weighted by Crippen LogP contribution is 2.28. The minimum atomic E-state index is 0.101. The van der Waals surface area contributed by atoms with Crippen molar-refractivity contribution in [2.75, 3.05) is 7.05 Å². The first-order valence-electron chi connectivity index (χ1n) is 7.23. The van der Waals surface area contributed by atoms with E-state index in [2.05, 4.69) is 17.4 Å². The minimum absolute atomic E-state index is 0.101. The van der Waals surface area contributed by atoms with Crippen LogP contribution in [-0.4, -0.2) is 11.6 Å². The zero-order chi connectivity index (χ0) is 13.9. The molecule has 0 bridgehead atoms. The highest BCUT2D eigenvalue weighted by atomic mass is 16.1. The van der Waals surface area contributed by atoms with Gasteiger partial charge in [-0.15, -0.1) is 0 Å². The van der Waals surface area contributed by atoms with Crippen molar-refractivity contribution in [2.24, 2.45) is 0 Å². The first-order valence-corrected chi connectivity index (χ1v) is 7.23. The lowest BCUT2D eigenvalue weighted by atomic mass is 9.91. The molecular formula is C17H20N2O. The molecule has 1 aromatic carbocycles. The van der Waals surface area contributed by atoms with Crippen molar-refractivity contribution in [3.05, 3.63) is 69.6 Å². The fraction of sp³-hybridized carbons (Fsp3) is 0.353. The molecule has 1 atom stereocenters. The molecule has 0 saturated heterocycles. The number of benzene rings is 1. The Labute approximate surface area is 119 Å². The van der Waals surface area contributed by atoms with Crippen LogP contribution in [0.15, 0.2) is 47.3 Å². The average molecular weight is 268 g/mol. The van der Waals surface area contributed by atoms with Crippen LogP contribution in [0, 0.1) is 0 Å². The fourth-order valence-electron chi connectivity index (χ4n) is 3.10. The second-order valence-electron chi connectivity index (χ2n) is 5.38. The third-order valence-corrected chi connectivity index (χ3v) is 4.14. The fourth-order valence-corrected chi connectivity index (χ4v) is 3.10. The van der Waals surface area contributed by atoms with Crippen molar-refractivity contribution < 1.29 is 0 Å². The van der Waals surface area contributed by atoms with E-state index in [0.717, 1.165) is 19.3 Å². The zero-order valence-electron chi connectivity index (χ0n) is 11.8. The van der Waals surface area contributed by atoms with Crippen LogP contribution >= 0.6 is 0 Å². The first-order chi connectivity index (χ1) is 9.79. The zero-order valence-corrected chi connectivity index (χ0v) is 11.8. The van der Waals surface area contributed by atoms with Crippen molar-refractivity contribution >= 4 is 0 Å². The van der Waals surface area contributed by atoms with Gasteiger partial charge in [0.15, 0.2) is 0 Å². The molecule has 1 aliphatic carbocycles. The van der Waals surface area contributed by atoms with E-state index in [9.17, 15) is 4.79 Å². The predicted molar refractivity (Wildman–Crippen MR) is 81.0 cm³/mol. The lowest BCUT2D eigenvalue weighted by Gasteiger charge is -2.27. The molecule has 1 aliphatic rings. The van der Waals surface area contributed by atoms with E-state index < -0.39 is 0 Å². The Morgan fingerprint density at radius 1 is 1.20 bits per heavy atom. The number of pyridine rings is 1. The highest BCUT2D eigenvalue weighted by Gasteiger charge is 2.21. The Balaban J connectivity index is 2.04. The van der Waals surface area contributed by atoms with Crippen molar-refractivity contribution in [3.63, 3.8) is 0 Å². The van der Waals surface area contributed by atoms with E-state index in [1.807, 2.05) is 35.9 Å². The monoisotopic (exact) mass is 268 g/mol. The Bertz CT molecular complexity index is 646. The van der Waals surface area contributed by atoms with Crippen LogP contribution < -0.4 is 10.9 Å². The van der Waals surface area contributed by atoms with Gasteiger partial charge in [0.05, 0.1) is 6.54 Å². The lowest BCUT2D eigenvalue weighted by Crippen LogP contribution is -2.30. The summed E-state index contributed by atoms with van der Waals surface area (Å²) in [6.45, 7) is 0.666. The highest BCUT2D eigenvalue weighted by molar-refractivity contribution is 5.28. The van der Waals surface area contributed by atoms with Crippen LogP contribution in [0.4, 0.5) is 0 Å². The summed E-state index contributed by atoms with van der Waals surface area (Å²) in [4.78, 5) is 12.2. The molecule has 20 heavy (non-hydrogen) atoms. The van der Waals surface area contributed by atoms with Gasteiger partial charge in [-0.3, -0.25) is 4.79 Å². The Morgan fingerprint density at radius 2 is 2.00 bits per heavy atom. The predicted octanol–water partition coefficient (Wildman–Crippen LogP) is 2.49. The van der Waals surface area contributed by atoms with Crippen LogP contribution in [0.2, 0.25) is 0 Å². The third kappa shape index (κ3) is 2.41. The second-order valence-corrected chi connectivity index (χ2v) is 5.38. The largest absolute Gasteiger partial charge is 0.313 e. The molecule has 0 spiro atoms. The summed E-state index contributed by atoms with van der Waals surface area (Å²) in [5.74, 6) is 0. The standard InChI is InChI=1S/C17H20N2O/c1-18-15-8-5-9-16-14(15)10-11-17(20)19(16)12-13-6-3-2-4-7-13/h2-4,6-7,10-11,15,18H,5,8-9,12H2,1H3. The van der Waals surface area contributed by atoms with Crippen LogP contribution in [0.3, 0.4) is 0 Å². The smallest absolute Gasteiger partial charge is 0.251 e. The second kappa shape index (κ2) is 5.63. The third-order valence-electron chi connectivity index (χ3n) is 4.14. The molecule has 3 heteroatoms. The Kier molecular flexibility index (Phi) is 3.70. The maximum atomic E-state index is 12.2. The van der Waals surface area contributed by atoms with Crippen molar-refractivity contribution in [2.45, 2.75) is 31.8 Å². The van der Waals surface area contributed by atoms with Gasteiger partial charge in [0, 0.05) is 17.8 Å². The quantitative estimate of drug-likeness (QED) is 0.928. The summed E-state index contributed by atoms with van der Waals surface area (Å²) < 4.78 is 1.94. The van der Waals surface area contributed by atoms with Crippen LogP contribution in [-0.2, 0) is 13.0 Å². The van der Waals surface area contributed by atoms with E-state index >= 15 is 0 Å². The molecule has 0 fully saturated rings. The molecule has 0 saturated carbocycles. The molecule has 3 rings (SSSR count). The molecule has 1 N–H and O–H groups in total. The molecule has 0 radical (unpaired) electrons. The van der Waals surface area contributed by atoms with E-state index in [0.29, 0.717) is 12.6 Å². The molecule has 3 nitrogen and oxygen atoms in total. The van der Waals surface area contributed by atoms with E-state index in [4.69, 9.17) is 0 Å². The van der Waals surface area contributed by atoms with E-state index in [1.54, 1.807) is 6.07 Å². The number of hydrogen-bond donors (Lipinski definition) is 1. The maximum Gasteiger partial charge on any atom is 0.251 e. The van der Waals surface area contributed by atoms with Gasteiger partial charge in [0.25, 0.3) is 5.56 Å². The van der Waals surface area contributed by atoms with Gasteiger partial charge >= 0.3 is 0 Å². The normalized spacial score (nSPS) is 17.8. The van der Waals surface area contributed by atoms with Crippen LogP contribution in [0.1, 0.15) is 35.7 Å². The molecule has 1 aromatic heterocycles. The van der Waals surface area contributed by atoms with Crippen molar-refractivity contribution in [3.8, 4) is 0 Å². The first kappa shape index (κ1) is 13.1. The van der Waals surface area contributed by atoms with Crippen LogP contribution in [0.25, 0.3) is 0 Å². The topological polar surface area (TPSA) is 34.0 Å². The van der Waals surface area contributed by atoms with E-state index in [-0.39, 0.29) is 5.56 Å². The lowest BCUT2D eigenvalue weighted by molar-refractivity contribution is 0.473. The van der Waals surface area contributed by atoms with Gasteiger partial charge in [-0.1, -0.05) is 36.4 Å². The number of nitrogens with one attached hydrogen (secondary N) is 1. The summed E-state index contributed by atoms with van der Waals surface area (Å²) >= 11 is 0. The SMILES string of the molecule is CNC1CCCc2c1ccc(=O)n2Cc1ccccc1. The summed E-state index contributed by atoms with van der Waals surface area (Å²) in [6.07, 6.45) is 3.28. The number of aromatic nitrogens is 1. The molecular weight excluding hydrogens is 248 g/mol. The summed E-state index contributed by atoms with van der Waals surface area (Å²) in [7, 11) is 1.99. The maximum absolute atomic E-state index is 12.2. The van der Waals surface area contributed by atoms with Gasteiger partial charge in [-0.2, -0.15) is 0 Å². The average Bonchev–Trinajstić information content (AvgIpc) is 2.50. The van der Waals surface area contributed by atoms with Crippen molar-refractivity contribution in [1.29, 1.82) is 0 Å². The molecule has 1 unspecified atom stereocenters. The molecule has 2 aromatic rings. The number of hydrogen-bond acceptors (Lipinski definition) is 2. The molecule has 1 heterocycles. The summed E-state index contributed by atoms with van der Waals surface area (Å²) in [6, 6.07) is 14.3. The Morgan fingerprint density at radius 3 is 2.75 bits per heavy atom. The minimum Gasteiger partial charge on any atom is -0.313 e. The molecule has 104 valence electrons. The van der Waals surface area contributed by atoms with Gasteiger partial charge in [0.1, 0.15) is 0 Å². The molecule has 0 aliphatic heterocycles. The Hall–Kier alpha value is -1.87. The van der Waals surface area contributed by atoms with Gasteiger partial charge in [-0.25, -0.2) is 0 Å². The van der Waals surface area contributed by atoms with Crippen LogP contribution in [0.5, 0.6) is 0 Å². The van der Waals surface area contributed by atoms with Gasteiger partial charge in [-0.05, 0) is 37.4 Å². The number of nitrogens with zero attached hydrogens (tertiary/aromatic N) is 1.